The van der Waals surface area contributed by atoms with E-state index in [0.29, 0.717) is 6.42 Å². The third-order valence-corrected chi connectivity index (χ3v) is 2.92. The summed E-state index contributed by atoms with van der Waals surface area (Å²) in [6.45, 7) is 3.67. The van der Waals surface area contributed by atoms with E-state index in [0.717, 1.165) is 12.1 Å². The molecule has 0 aliphatic rings. The number of ether oxygens (including phenoxy) is 1. The van der Waals surface area contributed by atoms with Crippen LogP contribution in [0.3, 0.4) is 0 Å². The molecule has 0 spiro atoms. The van der Waals surface area contributed by atoms with Gasteiger partial charge in [0, 0.05) is 0 Å². The van der Waals surface area contributed by atoms with Crippen molar-refractivity contribution in [3.8, 4) is 0 Å². The third-order valence-electron chi connectivity index (χ3n) is 2.61. The van der Waals surface area contributed by atoms with Crippen LogP contribution in [0.2, 0.25) is 5.02 Å². The fourth-order valence-corrected chi connectivity index (χ4v) is 1.80. The van der Waals surface area contributed by atoms with Crippen LogP contribution in [0.25, 0.3) is 0 Å². The minimum atomic E-state index is -4.45. The van der Waals surface area contributed by atoms with E-state index in [1.165, 1.54) is 6.07 Å². The first-order valence-corrected chi connectivity index (χ1v) is 6.47. The monoisotopic (exact) mass is 309 g/mol. The summed E-state index contributed by atoms with van der Waals surface area (Å²) in [4.78, 5) is 11.6. The molecular formula is C13H15ClF3NO2. The highest BCUT2D eigenvalue weighted by Gasteiger charge is 2.31. The first-order valence-electron chi connectivity index (χ1n) is 6.09. The molecule has 1 rings (SSSR count). The molecule has 0 amide bonds. The molecule has 112 valence electrons. The molecule has 20 heavy (non-hydrogen) atoms. The van der Waals surface area contributed by atoms with Gasteiger partial charge in [-0.2, -0.15) is 13.2 Å². The first kappa shape index (κ1) is 16.6. The summed E-state index contributed by atoms with van der Waals surface area (Å²) in [7, 11) is 0. The fourth-order valence-electron chi connectivity index (χ4n) is 1.57. The summed E-state index contributed by atoms with van der Waals surface area (Å²) in [6, 6.07) is 2.28. The predicted molar refractivity (Wildman–Crippen MR) is 70.8 cm³/mol. The van der Waals surface area contributed by atoms with Crippen LogP contribution >= 0.6 is 11.6 Å². The van der Waals surface area contributed by atoms with Crippen LogP contribution in [0.1, 0.15) is 25.8 Å². The summed E-state index contributed by atoms with van der Waals surface area (Å²) in [5, 5.41) is 2.69. The summed E-state index contributed by atoms with van der Waals surface area (Å²) in [5.41, 5.74) is -0.572. The lowest BCUT2D eigenvalue weighted by Crippen LogP contribution is -2.30. The Hall–Kier alpha value is -1.43. The van der Waals surface area contributed by atoms with E-state index in [4.69, 9.17) is 16.3 Å². The van der Waals surface area contributed by atoms with Crippen molar-refractivity contribution in [3.05, 3.63) is 28.8 Å². The Morgan fingerprint density at radius 2 is 2.05 bits per heavy atom. The number of carbonyl (C=O) groups is 1. The van der Waals surface area contributed by atoms with E-state index in [2.05, 4.69) is 5.32 Å². The largest absolute Gasteiger partial charge is 0.464 e. The van der Waals surface area contributed by atoms with Crippen molar-refractivity contribution in [1.82, 2.24) is 0 Å². The van der Waals surface area contributed by atoms with E-state index in [-0.39, 0.29) is 17.3 Å². The van der Waals surface area contributed by atoms with Gasteiger partial charge in [-0.15, -0.1) is 0 Å². The highest BCUT2D eigenvalue weighted by molar-refractivity contribution is 6.33. The Balaban J connectivity index is 2.90. The third kappa shape index (κ3) is 4.30. The van der Waals surface area contributed by atoms with Gasteiger partial charge in [-0.1, -0.05) is 18.5 Å². The van der Waals surface area contributed by atoms with Crippen molar-refractivity contribution in [2.24, 2.45) is 0 Å². The molecule has 0 bridgehead atoms. The maximum atomic E-state index is 12.5. The van der Waals surface area contributed by atoms with E-state index in [1.54, 1.807) is 13.8 Å². The van der Waals surface area contributed by atoms with Crippen molar-refractivity contribution in [3.63, 3.8) is 0 Å². The molecule has 0 fully saturated rings. The quantitative estimate of drug-likeness (QED) is 0.832. The summed E-state index contributed by atoms with van der Waals surface area (Å²) in [5.74, 6) is -0.467. The standard InChI is InChI=1S/C13H15ClF3NO2/c1-3-10(12(19)20-4-2)18-11-6-5-8(7-9(11)14)13(15,16)17/h5-7,10,18H,3-4H2,1-2H3. The normalized spacial score (nSPS) is 12.9. The summed E-state index contributed by atoms with van der Waals surface area (Å²) in [6.07, 6.45) is -4.02. The topological polar surface area (TPSA) is 38.3 Å². The summed E-state index contributed by atoms with van der Waals surface area (Å²) >= 11 is 5.80. The lowest BCUT2D eigenvalue weighted by atomic mass is 10.1. The molecule has 3 nitrogen and oxygen atoms in total. The molecule has 7 heteroatoms. The molecule has 0 radical (unpaired) electrons. The zero-order chi connectivity index (χ0) is 15.3. The second kappa shape index (κ2) is 6.83. The number of carbonyl (C=O) groups excluding carboxylic acids is 1. The Morgan fingerprint density at radius 1 is 1.40 bits per heavy atom. The van der Waals surface area contributed by atoms with Gasteiger partial charge in [0.1, 0.15) is 6.04 Å². The molecule has 0 saturated carbocycles. The van der Waals surface area contributed by atoms with Gasteiger partial charge in [0.05, 0.1) is 22.9 Å². The Labute approximate surface area is 120 Å². The minimum Gasteiger partial charge on any atom is -0.464 e. The Kier molecular flexibility index (Phi) is 5.68. The van der Waals surface area contributed by atoms with Gasteiger partial charge >= 0.3 is 12.1 Å². The van der Waals surface area contributed by atoms with Crippen LogP contribution < -0.4 is 5.32 Å². The average molecular weight is 310 g/mol. The second-order valence-corrected chi connectivity index (χ2v) is 4.46. The molecule has 1 aromatic carbocycles. The van der Waals surface area contributed by atoms with Crippen LogP contribution in [0, 0.1) is 0 Å². The first-order chi connectivity index (χ1) is 9.29. The number of rotatable bonds is 5. The van der Waals surface area contributed by atoms with Crippen molar-refractivity contribution in [2.75, 3.05) is 11.9 Å². The molecular weight excluding hydrogens is 295 g/mol. The zero-order valence-electron chi connectivity index (χ0n) is 11.1. The fraction of sp³-hybridized carbons (Fsp3) is 0.462. The smallest absolute Gasteiger partial charge is 0.416 e. The van der Waals surface area contributed by atoms with Crippen LogP contribution in [0.5, 0.6) is 0 Å². The van der Waals surface area contributed by atoms with Crippen LogP contribution in [-0.2, 0) is 15.7 Å². The zero-order valence-corrected chi connectivity index (χ0v) is 11.8. The number of halogens is 4. The summed E-state index contributed by atoms with van der Waals surface area (Å²) < 4.78 is 42.4. The lowest BCUT2D eigenvalue weighted by Gasteiger charge is -2.18. The maximum Gasteiger partial charge on any atom is 0.416 e. The van der Waals surface area contributed by atoms with Crippen LogP contribution in [-0.4, -0.2) is 18.6 Å². The van der Waals surface area contributed by atoms with Gasteiger partial charge in [-0.05, 0) is 31.5 Å². The van der Waals surface area contributed by atoms with Crippen LogP contribution in [0.15, 0.2) is 18.2 Å². The molecule has 1 unspecified atom stereocenters. The average Bonchev–Trinajstić information content (AvgIpc) is 2.36. The molecule has 0 aliphatic heterocycles. The maximum absolute atomic E-state index is 12.5. The number of esters is 1. The predicted octanol–water partition coefficient (Wildman–Crippen LogP) is 4.11. The van der Waals surface area contributed by atoms with E-state index in [9.17, 15) is 18.0 Å². The van der Waals surface area contributed by atoms with Gasteiger partial charge in [0.25, 0.3) is 0 Å². The molecule has 0 saturated heterocycles. The van der Waals surface area contributed by atoms with Crippen molar-refractivity contribution >= 4 is 23.3 Å². The molecule has 1 atom stereocenters. The number of alkyl halides is 3. The SMILES string of the molecule is CCOC(=O)C(CC)Nc1ccc(C(F)(F)F)cc1Cl. The Morgan fingerprint density at radius 3 is 2.50 bits per heavy atom. The van der Waals surface area contributed by atoms with Gasteiger partial charge < -0.3 is 10.1 Å². The molecule has 0 aliphatic carbocycles. The second-order valence-electron chi connectivity index (χ2n) is 4.05. The van der Waals surface area contributed by atoms with E-state index >= 15 is 0 Å². The van der Waals surface area contributed by atoms with Gasteiger partial charge in [-0.25, -0.2) is 4.79 Å². The van der Waals surface area contributed by atoms with Gasteiger partial charge in [0.15, 0.2) is 0 Å². The van der Waals surface area contributed by atoms with E-state index < -0.39 is 23.8 Å². The Bertz CT molecular complexity index is 477. The number of hydrogen-bond acceptors (Lipinski definition) is 3. The molecule has 1 N–H and O–H groups in total. The van der Waals surface area contributed by atoms with Crippen molar-refractivity contribution < 1.29 is 22.7 Å². The van der Waals surface area contributed by atoms with Crippen LogP contribution in [0.4, 0.5) is 18.9 Å². The molecule has 0 heterocycles. The highest BCUT2D eigenvalue weighted by atomic mass is 35.5. The number of nitrogens with one attached hydrogen (secondary N) is 1. The molecule has 1 aromatic rings. The number of hydrogen-bond donors (Lipinski definition) is 1. The number of anilines is 1. The van der Waals surface area contributed by atoms with Crippen molar-refractivity contribution in [1.29, 1.82) is 0 Å². The highest BCUT2D eigenvalue weighted by Crippen LogP contribution is 2.34. The number of benzene rings is 1. The van der Waals surface area contributed by atoms with Gasteiger partial charge in [-0.3, -0.25) is 0 Å². The minimum absolute atomic E-state index is 0.0948. The van der Waals surface area contributed by atoms with Crippen molar-refractivity contribution in [2.45, 2.75) is 32.5 Å². The lowest BCUT2D eigenvalue weighted by molar-refractivity contribution is -0.144. The molecule has 0 aromatic heterocycles. The van der Waals surface area contributed by atoms with Gasteiger partial charge in [0.2, 0.25) is 0 Å². The van der Waals surface area contributed by atoms with E-state index in [1.807, 2.05) is 0 Å².